The van der Waals surface area contributed by atoms with Gasteiger partial charge in [-0.2, -0.15) is 0 Å². The van der Waals surface area contributed by atoms with Crippen LogP contribution in [0.3, 0.4) is 0 Å². The van der Waals surface area contributed by atoms with E-state index in [1.807, 2.05) is 0 Å². The van der Waals surface area contributed by atoms with E-state index in [2.05, 4.69) is 22.5 Å². The SMILES string of the molecule is CCCOC1(CNC(=NC)NCC2(CCO)CCOC2)CCCCC1. The second kappa shape index (κ2) is 10.3. The summed E-state index contributed by atoms with van der Waals surface area (Å²) in [5.41, 5.74) is -0.0290. The molecular weight excluding hydrogens is 318 g/mol. The summed E-state index contributed by atoms with van der Waals surface area (Å²) in [5, 5.41) is 16.3. The van der Waals surface area contributed by atoms with Gasteiger partial charge >= 0.3 is 0 Å². The zero-order valence-electron chi connectivity index (χ0n) is 16.1. The molecule has 0 spiro atoms. The van der Waals surface area contributed by atoms with E-state index in [9.17, 15) is 5.11 Å². The van der Waals surface area contributed by atoms with Crippen LogP contribution in [0, 0.1) is 5.41 Å². The van der Waals surface area contributed by atoms with E-state index >= 15 is 0 Å². The van der Waals surface area contributed by atoms with Crippen molar-refractivity contribution in [2.24, 2.45) is 10.4 Å². The van der Waals surface area contributed by atoms with E-state index in [0.29, 0.717) is 6.61 Å². The Morgan fingerprint density at radius 3 is 2.52 bits per heavy atom. The highest BCUT2D eigenvalue weighted by atomic mass is 16.5. The summed E-state index contributed by atoms with van der Waals surface area (Å²) >= 11 is 0. The molecule has 2 aliphatic rings. The van der Waals surface area contributed by atoms with Crippen LogP contribution in [-0.2, 0) is 9.47 Å². The molecule has 1 saturated carbocycles. The molecule has 6 heteroatoms. The third-order valence-corrected chi connectivity index (χ3v) is 5.64. The van der Waals surface area contributed by atoms with E-state index in [0.717, 1.165) is 64.4 Å². The largest absolute Gasteiger partial charge is 0.396 e. The summed E-state index contributed by atoms with van der Waals surface area (Å²) < 4.78 is 11.8. The van der Waals surface area contributed by atoms with Crippen molar-refractivity contribution in [1.29, 1.82) is 0 Å². The lowest BCUT2D eigenvalue weighted by Gasteiger charge is -2.38. The van der Waals surface area contributed by atoms with Gasteiger partial charge in [-0.15, -0.1) is 0 Å². The van der Waals surface area contributed by atoms with Gasteiger partial charge in [0.25, 0.3) is 0 Å². The van der Waals surface area contributed by atoms with Gasteiger partial charge in [-0.1, -0.05) is 26.2 Å². The minimum atomic E-state index is -0.0505. The first-order valence-corrected chi connectivity index (χ1v) is 9.95. The first-order chi connectivity index (χ1) is 12.2. The molecule has 0 aromatic carbocycles. The third kappa shape index (κ3) is 6.12. The van der Waals surface area contributed by atoms with Gasteiger partial charge in [0.2, 0.25) is 0 Å². The van der Waals surface area contributed by atoms with Crippen molar-refractivity contribution in [2.45, 2.75) is 63.9 Å². The average molecular weight is 356 g/mol. The standard InChI is InChI=1S/C19H37N3O3/c1-3-12-25-19(7-5-4-6-8-19)15-22-17(20-2)21-14-18(9-11-23)10-13-24-16-18/h23H,3-16H2,1-2H3,(H2,20,21,22). The number of ether oxygens (including phenoxy) is 2. The second-order valence-corrected chi connectivity index (χ2v) is 7.65. The summed E-state index contributed by atoms with van der Waals surface area (Å²) in [4.78, 5) is 4.37. The van der Waals surface area contributed by atoms with E-state index in [1.165, 1.54) is 19.3 Å². The first kappa shape index (κ1) is 20.5. The molecule has 1 heterocycles. The van der Waals surface area contributed by atoms with Crippen LogP contribution in [0.5, 0.6) is 0 Å². The zero-order valence-corrected chi connectivity index (χ0v) is 16.1. The Hall–Kier alpha value is -0.850. The summed E-state index contributed by atoms with van der Waals surface area (Å²) in [7, 11) is 1.81. The fourth-order valence-corrected chi connectivity index (χ4v) is 3.94. The molecule has 146 valence electrons. The Morgan fingerprint density at radius 1 is 1.16 bits per heavy atom. The number of aliphatic hydroxyl groups is 1. The summed E-state index contributed by atoms with van der Waals surface area (Å²) in [6, 6.07) is 0. The zero-order chi connectivity index (χ0) is 18.0. The molecule has 2 fully saturated rings. The van der Waals surface area contributed by atoms with Crippen LogP contribution in [0.15, 0.2) is 4.99 Å². The lowest BCUT2D eigenvalue weighted by Crippen LogP contribution is -2.51. The Bertz CT molecular complexity index is 403. The van der Waals surface area contributed by atoms with Gasteiger partial charge in [-0.25, -0.2) is 0 Å². The molecule has 3 N–H and O–H groups in total. The quantitative estimate of drug-likeness (QED) is 0.436. The number of aliphatic imine (C=N–C) groups is 1. The predicted octanol–water partition coefficient (Wildman–Crippen LogP) is 2.07. The lowest BCUT2D eigenvalue weighted by molar-refractivity contribution is -0.0657. The Kier molecular flexibility index (Phi) is 8.46. The molecule has 2 rings (SSSR count). The molecule has 0 aromatic heterocycles. The molecule has 1 unspecified atom stereocenters. The molecular formula is C19H37N3O3. The first-order valence-electron chi connectivity index (χ1n) is 9.95. The smallest absolute Gasteiger partial charge is 0.191 e. The number of aliphatic hydroxyl groups excluding tert-OH is 1. The maximum absolute atomic E-state index is 9.36. The monoisotopic (exact) mass is 355 g/mol. The number of hydrogen-bond donors (Lipinski definition) is 3. The molecule has 6 nitrogen and oxygen atoms in total. The molecule has 0 amide bonds. The summed E-state index contributed by atoms with van der Waals surface area (Å²) in [5.74, 6) is 0.814. The van der Waals surface area contributed by atoms with Crippen molar-refractivity contribution in [3.63, 3.8) is 0 Å². The van der Waals surface area contributed by atoms with Gasteiger partial charge in [0.15, 0.2) is 5.96 Å². The maximum Gasteiger partial charge on any atom is 0.191 e. The third-order valence-electron chi connectivity index (χ3n) is 5.64. The fourth-order valence-electron chi connectivity index (χ4n) is 3.94. The van der Waals surface area contributed by atoms with E-state index in [1.54, 1.807) is 7.05 Å². The van der Waals surface area contributed by atoms with Crippen molar-refractivity contribution in [2.75, 3.05) is 46.6 Å². The van der Waals surface area contributed by atoms with Crippen LogP contribution in [-0.4, -0.2) is 63.2 Å². The molecule has 0 bridgehead atoms. The molecule has 1 aliphatic carbocycles. The van der Waals surface area contributed by atoms with Crippen molar-refractivity contribution < 1.29 is 14.6 Å². The Labute approximate surface area is 152 Å². The highest BCUT2D eigenvalue weighted by molar-refractivity contribution is 5.79. The average Bonchev–Trinajstić information content (AvgIpc) is 3.10. The second-order valence-electron chi connectivity index (χ2n) is 7.65. The number of guanidine groups is 1. The predicted molar refractivity (Wildman–Crippen MR) is 101 cm³/mol. The highest BCUT2D eigenvalue weighted by Crippen LogP contribution is 2.32. The molecule has 0 radical (unpaired) electrons. The maximum atomic E-state index is 9.36. The molecule has 0 aromatic rings. The van der Waals surface area contributed by atoms with Gasteiger partial charge in [0, 0.05) is 45.4 Å². The van der Waals surface area contributed by atoms with Crippen LogP contribution >= 0.6 is 0 Å². The van der Waals surface area contributed by atoms with Crippen LogP contribution in [0.25, 0.3) is 0 Å². The number of nitrogens with zero attached hydrogens (tertiary/aromatic N) is 1. The summed E-state index contributed by atoms with van der Waals surface area (Å²) in [6.45, 7) is 6.25. The van der Waals surface area contributed by atoms with Gasteiger partial charge in [0.1, 0.15) is 0 Å². The summed E-state index contributed by atoms with van der Waals surface area (Å²) in [6.07, 6.45) is 8.86. The van der Waals surface area contributed by atoms with E-state index in [4.69, 9.17) is 9.47 Å². The molecule has 25 heavy (non-hydrogen) atoms. The van der Waals surface area contributed by atoms with E-state index in [-0.39, 0.29) is 17.6 Å². The number of rotatable bonds is 9. The van der Waals surface area contributed by atoms with Crippen molar-refractivity contribution in [3.8, 4) is 0 Å². The minimum absolute atomic E-state index is 0.0214. The topological polar surface area (TPSA) is 75.1 Å². The fraction of sp³-hybridized carbons (Fsp3) is 0.947. The number of nitrogens with one attached hydrogen (secondary N) is 2. The van der Waals surface area contributed by atoms with Crippen LogP contribution in [0.2, 0.25) is 0 Å². The van der Waals surface area contributed by atoms with Gasteiger partial charge < -0.3 is 25.2 Å². The molecule has 1 aliphatic heterocycles. The Balaban J connectivity index is 1.85. The minimum Gasteiger partial charge on any atom is -0.396 e. The van der Waals surface area contributed by atoms with E-state index < -0.39 is 0 Å². The molecule has 1 atom stereocenters. The lowest BCUT2D eigenvalue weighted by atomic mass is 9.84. The van der Waals surface area contributed by atoms with Gasteiger partial charge in [-0.05, 0) is 32.1 Å². The van der Waals surface area contributed by atoms with Gasteiger partial charge in [0.05, 0.1) is 12.2 Å². The number of hydrogen-bond acceptors (Lipinski definition) is 4. The van der Waals surface area contributed by atoms with Crippen LogP contribution in [0.4, 0.5) is 0 Å². The van der Waals surface area contributed by atoms with Crippen molar-refractivity contribution in [1.82, 2.24) is 10.6 Å². The van der Waals surface area contributed by atoms with Crippen molar-refractivity contribution >= 4 is 5.96 Å². The van der Waals surface area contributed by atoms with Crippen LogP contribution in [0.1, 0.15) is 58.3 Å². The van der Waals surface area contributed by atoms with Crippen molar-refractivity contribution in [3.05, 3.63) is 0 Å². The Morgan fingerprint density at radius 2 is 1.92 bits per heavy atom. The van der Waals surface area contributed by atoms with Gasteiger partial charge in [-0.3, -0.25) is 4.99 Å². The highest BCUT2D eigenvalue weighted by Gasteiger charge is 2.35. The normalized spacial score (nSPS) is 26.6. The van der Waals surface area contributed by atoms with Crippen LogP contribution < -0.4 is 10.6 Å². The molecule has 1 saturated heterocycles.